The predicted molar refractivity (Wildman–Crippen MR) is 93.2 cm³/mol. The van der Waals surface area contributed by atoms with Crippen molar-refractivity contribution in [1.29, 1.82) is 0 Å². The van der Waals surface area contributed by atoms with Crippen molar-refractivity contribution in [2.75, 3.05) is 19.7 Å². The number of piperidine rings is 1. The molecule has 4 rings (SSSR count). The molecule has 2 aliphatic heterocycles. The highest BCUT2D eigenvalue weighted by molar-refractivity contribution is 5.10. The first-order valence-corrected chi connectivity index (χ1v) is 8.93. The number of nitrogens with zero attached hydrogens (tertiary/aromatic N) is 4. The normalized spacial score (nSPS) is 26.8. The summed E-state index contributed by atoms with van der Waals surface area (Å²) in [7, 11) is 0. The number of aryl methyl sites for hydroxylation is 1. The van der Waals surface area contributed by atoms with Gasteiger partial charge < -0.3 is 9.47 Å². The fourth-order valence-corrected chi connectivity index (χ4v) is 3.90. The van der Waals surface area contributed by atoms with E-state index in [4.69, 9.17) is 9.47 Å². The summed E-state index contributed by atoms with van der Waals surface area (Å²) in [6.07, 6.45) is 6.54. The standard InChI is InChI=1S/C19H24N4O2/c1-15-5-2-6-16(22-15)12-23-10-3-7-19(14-23)11-17(13-24-19)25-18-20-8-4-9-21-18/h2,4-6,8-9,17H,3,7,10-14H2,1H3. The van der Waals surface area contributed by atoms with Crippen molar-refractivity contribution in [1.82, 2.24) is 19.9 Å². The maximum absolute atomic E-state index is 6.22. The first-order chi connectivity index (χ1) is 12.2. The third-order valence-electron chi connectivity index (χ3n) is 4.94. The minimum absolute atomic E-state index is 0.0273. The van der Waals surface area contributed by atoms with Gasteiger partial charge in [-0.1, -0.05) is 6.07 Å². The van der Waals surface area contributed by atoms with Crippen molar-refractivity contribution in [2.24, 2.45) is 0 Å². The fourth-order valence-electron chi connectivity index (χ4n) is 3.90. The van der Waals surface area contributed by atoms with Crippen LogP contribution in [-0.4, -0.2) is 51.3 Å². The average molecular weight is 340 g/mol. The zero-order chi connectivity index (χ0) is 17.1. The van der Waals surface area contributed by atoms with Crippen LogP contribution in [0.2, 0.25) is 0 Å². The highest BCUT2D eigenvalue weighted by Crippen LogP contribution is 2.36. The number of ether oxygens (including phenoxy) is 2. The van der Waals surface area contributed by atoms with Crippen molar-refractivity contribution < 1.29 is 9.47 Å². The Bertz CT molecular complexity index is 712. The van der Waals surface area contributed by atoms with E-state index < -0.39 is 0 Å². The van der Waals surface area contributed by atoms with E-state index in [9.17, 15) is 0 Å². The quantitative estimate of drug-likeness (QED) is 0.852. The summed E-state index contributed by atoms with van der Waals surface area (Å²) in [5, 5.41) is 0. The molecule has 6 nitrogen and oxygen atoms in total. The van der Waals surface area contributed by atoms with Crippen molar-refractivity contribution in [3.05, 3.63) is 48.0 Å². The number of hydrogen-bond donors (Lipinski definition) is 0. The van der Waals surface area contributed by atoms with E-state index in [2.05, 4.69) is 32.0 Å². The average Bonchev–Trinajstić information content (AvgIpc) is 2.97. The van der Waals surface area contributed by atoms with Gasteiger partial charge in [-0.05, 0) is 44.5 Å². The molecule has 2 atom stereocenters. The number of pyridine rings is 1. The van der Waals surface area contributed by atoms with Crippen LogP contribution in [0.1, 0.15) is 30.7 Å². The molecule has 0 bridgehead atoms. The minimum Gasteiger partial charge on any atom is -0.458 e. The van der Waals surface area contributed by atoms with Crippen LogP contribution >= 0.6 is 0 Å². The van der Waals surface area contributed by atoms with Gasteiger partial charge in [0.2, 0.25) is 0 Å². The van der Waals surface area contributed by atoms with Gasteiger partial charge in [-0.3, -0.25) is 9.88 Å². The van der Waals surface area contributed by atoms with Gasteiger partial charge in [0.15, 0.2) is 0 Å². The SMILES string of the molecule is Cc1cccc(CN2CCCC3(CC(Oc4ncccn4)CO3)C2)n1. The molecule has 2 unspecified atom stereocenters. The van der Waals surface area contributed by atoms with Gasteiger partial charge in [-0.2, -0.15) is 0 Å². The van der Waals surface area contributed by atoms with E-state index in [-0.39, 0.29) is 11.7 Å². The number of aromatic nitrogens is 3. The number of likely N-dealkylation sites (tertiary alicyclic amines) is 1. The molecule has 0 radical (unpaired) electrons. The van der Waals surface area contributed by atoms with Crippen LogP contribution in [0.3, 0.4) is 0 Å². The van der Waals surface area contributed by atoms with Gasteiger partial charge in [0.05, 0.1) is 17.9 Å². The molecular weight excluding hydrogens is 316 g/mol. The van der Waals surface area contributed by atoms with E-state index in [1.54, 1.807) is 18.5 Å². The summed E-state index contributed by atoms with van der Waals surface area (Å²) in [6, 6.07) is 8.44. The van der Waals surface area contributed by atoms with Gasteiger partial charge in [-0.25, -0.2) is 9.97 Å². The van der Waals surface area contributed by atoms with Gasteiger partial charge in [-0.15, -0.1) is 0 Å². The van der Waals surface area contributed by atoms with Crippen LogP contribution in [-0.2, 0) is 11.3 Å². The first-order valence-electron chi connectivity index (χ1n) is 8.93. The van der Waals surface area contributed by atoms with Gasteiger partial charge in [0, 0.05) is 37.6 Å². The lowest BCUT2D eigenvalue weighted by atomic mass is 9.89. The fraction of sp³-hybridized carbons (Fsp3) is 0.526. The van der Waals surface area contributed by atoms with Crippen LogP contribution in [0, 0.1) is 6.92 Å². The van der Waals surface area contributed by atoms with Gasteiger partial charge in [0.1, 0.15) is 6.10 Å². The first kappa shape index (κ1) is 16.4. The lowest BCUT2D eigenvalue weighted by Crippen LogP contribution is -2.47. The Kier molecular flexibility index (Phi) is 4.63. The Morgan fingerprint density at radius 2 is 2.16 bits per heavy atom. The van der Waals surface area contributed by atoms with Crippen LogP contribution in [0.25, 0.3) is 0 Å². The molecule has 0 aromatic carbocycles. The van der Waals surface area contributed by atoms with Crippen LogP contribution in [0.5, 0.6) is 6.01 Å². The molecule has 4 heterocycles. The third-order valence-corrected chi connectivity index (χ3v) is 4.94. The molecule has 6 heteroatoms. The highest BCUT2D eigenvalue weighted by atomic mass is 16.6. The van der Waals surface area contributed by atoms with Crippen molar-refractivity contribution in [3.63, 3.8) is 0 Å². The molecule has 0 amide bonds. The maximum Gasteiger partial charge on any atom is 0.316 e. The van der Waals surface area contributed by atoms with Crippen LogP contribution in [0.15, 0.2) is 36.7 Å². The van der Waals surface area contributed by atoms with E-state index in [1.165, 1.54) is 0 Å². The molecule has 2 aromatic heterocycles. The van der Waals surface area contributed by atoms with Gasteiger partial charge in [0.25, 0.3) is 0 Å². The summed E-state index contributed by atoms with van der Waals surface area (Å²) >= 11 is 0. The molecule has 0 saturated carbocycles. The maximum atomic E-state index is 6.22. The Morgan fingerprint density at radius 1 is 1.28 bits per heavy atom. The second-order valence-electron chi connectivity index (χ2n) is 7.05. The number of rotatable bonds is 4. The third kappa shape index (κ3) is 3.96. The Labute approximate surface area is 148 Å². The zero-order valence-corrected chi connectivity index (χ0v) is 14.6. The topological polar surface area (TPSA) is 60.4 Å². The molecule has 0 aliphatic carbocycles. The summed E-state index contributed by atoms with van der Waals surface area (Å²) in [4.78, 5) is 15.4. The molecule has 2 fully saturated rings. The molecular formula is C19H24N4O2. The summed E-state index contributed by atoms with van der Waals surface area (Å²) in [5.41, 5.74) is 2.08. The van der Waals surface area contributed by atoms with Crippen LogP contribution in [0.4, 0.5) is 0 Å². The van der Waals surface area contributed by atoms with E-state index in [1.807, 2.05) is 13.0 Å². The lowest BCUT2D eigenvalue weighted by molar-refractivity contribution is -0.0541. The minimum atomic E-state index is -0.110. The highest BCUT2D eigenvalue weighted by Gasteiger charge is 2.44. The van der Waals surface area contributed by atoms with Crippen LogP contribution < -0.4 is 4.74 Å². The number of hydrogen-bond acceptors (Lipinski definition) is 6. The van der Waals surface area contributed by atoms with Crippen molar-refractivity contribution in [2.45, 2.75) is 44.4 Å². The summed E-state index contributed by atoms with van der Waals surface area (Å²) in [5.74, 6) is 0. The monoisotopic (exact) mass is 340 g/mol. The molecule has 0 N–H and O–H groups in total. The van der Waals surface area contributed by atoms with E-state index in [0.29, 0.717) is 12.6 Å². The van der Waals surface area contributed by atoms with Crippen molar-refractivity contribution in [3.8, 4) is 6.01 Å². The Balaban J connectivity index is 1.37. The summed E-state index contributed by atoms with van der Waals surface area (Å²) < 4.78 is 12.1. The molecule has 132 valence electrons. The molecule has 2 saturated heterocycles. The smallest absolute Gasteiger partial charge is 0.316 e. The lowest BCUT2D eigenvalue weighted by Gasteiger charge is -2.39. The Morgan fingerprint density at radius 3 is 3.00 bits per heavy atom. The molecule has 1 spiro atoms. The zero-order valence-electron chi connectivity index (χ0n) is 14.6. The second kappa shape index (κ2) is 7.06. The van der Waals surface area contributed by atoms with Crippen molar-refractivity contribution >= 4 is 0 Å². The molecule has 25 heavy (non-hydrogen) atoms. The largest absolute Gasteiger partial charge is 0.458 e. The molecule has 2 aromatic rings. The Hall–Kier alpha value is -2.05. The summed E-state index contributed by atoms with van der Waals surface area (Å²) in [6.45, 7) is 5.54. The predicted octanol–water partition coefficient (Wildman–Crippen LogP) is 2.38. The second-order valence-corrected chi connectivity index (χ2v) is 7.05. The van der Waals surface area contributed by atoms with E-state index in [0.717, 1.165) is 50.3 Å². The van der Waals surface area contributed by atoms with Gasteiger partial charge >= 0.3 is 6.01 Å². The molecule has 2 aliphatic rings. The van der Waals surface area contributed by atoms with E-state index >= 15 is 0 Å².